The topological polar surface area (TPSA) is 49.8 Å². The molecule has 0 radical (unpaired) electrons. The maximum absolute atomic E-state index is 12.6. The van der Waals surface area contributed by atoms with E-state index in [9.17, 15) is 18.0 Å². The Kier molecular flexibility index (Phi) is 1.26. The molecule has 3 rings (SSSR count). The van der Waals surface area contributed by atoms with E-state index in [2.05, 4.69) is 0 Å². The summed E-state index contributed by atoms with van der Waals surface area (Å²) in [5.74, 6) is -2.23. The third kappa shape index (κ3) is 0.836. The van der Waals surface area contributed by atoms with Gasteiger partial charge in [0.2, 0.25) is 0 Å². The molecular formula is C9H5F3O3. The molecule has 3 aliphatic rings. The molecule has 2 aliphatic carbocycles. The fraction of sp³-hybridized carbons (Fsp3) is 0.444. The molecule has 1 aliphatic heterocycles. The van der Waals surface area contributed by atoms with Crippen molar-refractivity contribution in [3.8, 4) is 0 Å². The van der Waals surface area contributed by atoms with Crippen LogP contribution >= 0.6 is 0 Å². The van der Waals surface area contributed by atoms with E-state index in [1.54, 1.807) is 0 Å². The van der Waals surface area contributed by atoms with Crippen LogP contribution in [0.1, 0.15) is 0 Å². The van der Waals surface area contributed by atoms with Crippen molar-refractivity contribution in [2.75, 3.05) is 0 Å². The summed E-state index contributed by atoms with van der Waals surface area (Å²) < 4.78 is 42.7. The fourth-order valence-electron chi connectivity index (χ4n) is 2.38. The quantitative estimate of drug-likeness (QED) is 0.532. The minimum atomic E-state index is -4.62. The van der Waals surface area contributed by atoms with Gasteiger partial charge in [0.25, 0.3) is 0 Å². The Bertz CT molecular complexity index is 434. The minimum absolute atomic E-state index is 0.554. The predicted octanol–water partition coefficient (Wildman–Crippen LogP) is 1.27. The summed E-state index contributed by atoms with van der Waals surface area (Å²) in [6, 6.07) is 0. The Morgan fingerprint density at radius 1 is 1.53 bits per heavy atom. The molecule has 80 valence electrons. The first-order chi connectivity index (χ1) is 6.88. The number of halogens is 3. The molecule has 0 saturated carbocycles. The van der Waals surface area contributed by atoms with Gasteiger partial charge < -0.3 is 9.84 Å². The van der Waals surface area contributed by atoms with Gasteiger partial charge in [-0.05, 0) is 0 Å². The number of rotatable bonds is 1. The number of carboxylic acids is 1. The lowest BCUT2D eigenvalue weighted by molar-refractivity contribution is -0.135. The van der Waals surface area contributed by atoms with Crippen molar-refractivity contribution in [3.05, 3.63) is 23.3 Å². The van der Waals surface area contributed by atoms with Crippen molar-refractivity contribution in [1.29, 1.82) is 0 Å². The highest BCUT2D eigenvalue weighted by Gasteiger charge is 2.75. The highest BCUT2D eigenvalue weighted by atomic mass is 19.4. The molecule has 1 saturated heterocycles. The maximum atomic E-state index is 12.6. The van der Waals surface area contributed by atoms with Crippen LogP contribution in [0.4, 0.5) is 13.2 Å². The second-order valence-electron chi connectivity index (χ2n) is 3.82. The van der Waals surface area contributed by atoms with Gasteiger partial charge in [-0.1, -0.05) is 12.2 Å². The molecule has 3 atom stereocenters. The first kappa shape index (κ1) is 8.96. The second-order valence-corrected chi connectivity index (χ2v) is 3.82. The van der Waals surface area contributed by atoms with Crippen LogP contribution < -0.4 is 0 Å². The Hall–Kier alpha value is -1.30. The summed E-state index contributed by atoms with van der Waals surface area (Å²) in [5.41, 5.74) is -2.55. The van der Waals surface area contributed by atoms with Crippen molar-refractivity contribution in [2.24, 2.45) is 5.92 Å². The third-order valence-electron chi connectivity index (χ3n) is 3.11. The van der Waals surface area contributed by atoms with E-state index in [-0.39, 0.29) is 0 Å². The molecule has 0 amide bonds. The largest absolute Gasteiger partial charge is 0.478 e. The lowest BCUT2D eigenvalue weighted by Gasteiger charge is -2.23. The van der Waals surface area contributed by atoms with Crippen molar-refractivity contribution in [3.63, 3.8) is 0 Å². The van der Waals surface area contributed by atoms with Crippen LogP contribution in [0.25, 0.3) is 0 Å². The Balaban J connectivity index is 2.14. The molecule has 0 aromatic heterocycles. The molecule has 1 spiro atoms. The number of ether oxygens (including phenoxy) is 1. The zero-order valence-corrected chi connectivity index (χ0v) is 7.21. The molecule has 0 aromatic carbocycles. The van der Waals surface area contributed by atoms with Crippen molar-refractivity contribution in [2.45, 2.75) is 17.9 Å². The van der Waals surface area contributed by atoms with Gasteiger partial charge in [-0.2, -0.15) is 13.2 Å². The summed E-state index contributed by atoms with van der Waals surface area (Å²) in [6.45, 7) is 0. The highest BCUT2D eigenvalue weighted by molar-refractivity contribution is 5.92. The molecule has 0 aromatic rings. The molecule has 0 bridgehead atoms. The van der Waals surface area contributed by atoms with Crippen LogP contribution in [0.2, 0.25) is 0 Å². The van der Waals surface area contributed by atoms with E-state index < -0.39 is 40.9 Å². The Morgan fingerprint density at radius 3 is 2.60 bits per heavy atom. The summed E-state index contributed by atoms with van der Waals surface area (Å²) in [5, 5.41) is 8.76. The molecule has 1 fully saturated rings. The van der Waals surface area contributed by atoms with Crippen LogP contribution in [0.5, 0.6) is 0 Å². The number of hydrogen-bond acceptors (Lipinski definition) is 2. The summed E-state index contributed by atoms with van der Waals surface area (Å²) >= 11 is 0. The average Bonchev–Trinajstić information content (AvgIpc) is 2.71. The molecule has 3 nitrogen and oxygen atoms in total. The third-order valence-corrected chi connectivity index (χ3v) is 3.11. The molecule has 1 heterocycles. The zero-order valence-electron chi connectivity index (χ0n) is 7.21. The number of epoxide rings is 1. The first-order valence-corrected chi connectivity index (χ1v) is 4.29. The van der Waals surface area contributed by atoms with Crippen molar-refractivity contribution in [1.82, 2.24) is 0 Å². The van der Waals surface area contributed by atoms with Crippen LogP contribution in [-0.4, -0.2) is 29.0 Å². The van der Waals surface area contributed by atoms with Gasteiger partial charge in [0.05, 0.1) is 11.1 Å². The Labute approximate surface area is 81.8 Å². The van der Waals surface area contributed by atoms with E-state index in [1.165, 1.54) is 12.2 Å². The smallest absolute Gasteiger partial charge is 0.415 e. The van der Waals surface area contributed by atoms with E-state index in [4.69, 9.17) is 9.84 Å². The molecule has 6 heteroatoms. The van der Waals surface area contributed by atoms with Crippen LogP contribution in [0.3, 0.4) is 0 Å². The van der Waals surface area contributed by atoms with Gasteiger partial charge in [0, 0.05) is 5.92 Å². The lowest BCUT2D eigenvalue weighted by Crippen LogP contribution is -2.30. The maximum Gasteiger partial charge on any atom is 0.415 e. The number of alkyl halides is 3. The van der Waals surface area contributed by atoms with Crippen LogP contribution in [-0.2, 0) is 9.53 Å². The fourth-order valence-corrected chi connectivity index (χ4v) is 2.38. The molecule has 3 unspecified atom stereocenters. The van der Waals surface area contributed by atoms with E-state index in [1.807, 2.05) is 0 Å². The van der Waals surface area contributed by atoms with E-state index >= 15 is 0 Å². The normalized spacial score (nSPS) is 41.0. The van der Waals surface area contributed by atoms with Gasteiger partial charge >= 0.3 is 12.1 Å². The predicted molar refractivity (Wildman–Crippen MR) is 41.0 cm³/mol. The van der Waals surface area contributed by atoms with Gasteiger partial charge in [-0.25, -0.2) is 4.79 Å². The Morgan fingerprint density at radius 2 is 2.20 bits per heavy atom. The number of carboxylic acid groups (broad SMARTS) is 1. The number of hydrogen-bond donors (Lipinski definition) is 1. The van der Waals surface area contributed by atoms with Crippen LogP contribution in [0.15, 0.2) is 23.3 Å². The lowest BCUT2D eigenvalue weighted by atomic mass is 9.80. The highest BCUT2D eigenvalue weighted by Crippen LogP contribution is 2.65. The summed E-state index contributed by atoms with van der Waals surface area (Å²) in [7, 11) is 0. The minimum Gasteiger partial charge on any atom is -0.478 e. The number of carbonyl (C=O) groups is 1. The van der Waals surface area contributed by atoms with Crippen LogP contribution in [0, 0.1) is 5.92 Å². The van der Waals surface area contributed by atoms with Gasteiger partial charge in [0.15, 0.2) is 0 Å². The second kappa shape index (κ2) is 2.11. The first-order valence-electron chi connectivity index (χ1n) is 4.29. The van der Waals surface area contributed by atoms with Crippen molar-refractivity contribution >= 4 is 5.97 Å². The molecular weight excluding hydrogens is 213 g/mol. The zero-order chi connectivity index (χ0) is 11.0. The SMILES string of the molecule is O=C(O)C1=C(C(F)(F)F)C2OC23C=CC13. The molecule has 15 heavy (non-hydrogen) atoms. The van der Waals surface area contributed by atoms with Crippen molar-refractivity contribution < 1.29 is 27.8 Å². The standard InChI is InChI=1S/C9H5F3O3/c10-9(11,12)5-4(7(13)14)3-1-2-8(3)6(5)15-8/h1-3,6H,(H,13,14). The van der Waals surface area contributed by atoms with E-state index in [0.29, 0.717) is 0 Å². The number of aliphatic carboxylic acids is 1. The van der Waals surface area contributed by atoms with Gasteiger partial charge in [0.1, 0.15) is 11.7 Å². The van der Waals surface area contributed by atoms with Gasteiger partial charge in [-0.15, -0.1) is 0 Å². The monoisotopic (exact) mass is 218 g/mol. The van der Waals surface area contributed by atoms with E-state index in [0.717, 1.165) is 0 Å². The summed E-state index contributed by atoms with van der Waals surface area (Å²) in [4.78, 5) is 10.8. The molecule has 1 N–H and O–H groups in total. The van der Waals surface area contributed by atoms with Gasteiger partial charge in [-0.3, -0.25) is 0 Å². The average molecular weight is 218 g/mol. The summed E-state index contributed by atoms with van der Waals surface area (Å²) in [6.07, 6.45) is -2.77.